The molecule has 0 fully saturated rings. The van der Waals surface area contributed by atoms with E-state index in [4.69, 9.17) is 53.9 Å². The summed E-state index contributed by atoms with van der Waals surface area (Å²) in [7, 11) is 9.15. The van der Waals surface area contributed by atoms with Gasteiger partial charge in [0.2, 0.25) is 0 Å². The molecule has 6 aromatic carbocycles. The minimum absolute atomic E-state index is 0.573. The lowest BCUT2D eigenvalue weighted by Gasteiger charge is -2.11. The van der Waals surface area contributed by atoms with E-state index in [1.807, 2.05) is 190 Å². The Kier molecular flexibility index (Phi) is 24.6. The van der Waals surface area contributed by atoms with E-state index >= 15 is 0 Å². The van der Waals surface area contributed by atoms with Crippen molar-refractivity contribution < 1.29 is 23.7 Å². The Morgan fingerprint density at radius 1 is 0.382 bits per heavy atom. The fourth-order valence-electron chi connectivity index (χ4n) is 11.4. The standard InChI is InChI=1S/C29H29N5O.C27H25N5O2.C26H31N5O2/c1-35-26-16-14-24(15-17-26)27-8-4-9-29-32-28(33-34(27)29)20-23-12-10-22(11-13-23)6-5-18-30-21-25-7-2-3-19-31-25;1-33-23-11-7-21(8-12-23)25-3-2-4-27-30-26(31-32(25)27)19-20-5-9-24(10-6-20)34-18-17-29-22-13-15-28-16-14-22;1-30(2)17-15-27-16-18-33-23-11-7-20(8-12-23)19-25-28-26-6-4-5-24(31(26)29-25)21-9-13-22(32-3)14-10-21/h2-4,7-17,19,30H,5-6,18,20-21H2,1H3;2-16H,17-19H2,1H3,(H,28,29);4-14,27H,15-19H2,1-3H3. The lowest BCUT2D eigenvalue weighted by Crippen LogP contribution is -2.29. The maximum absolute atomic E-state index is 5.84. The molecule has 0 aliphatic rings. The first-order chi connectivity index (χ1) is 50.2. The molecule has 102 heavy (non-hydrogen) atoms. The molecule has 14 aromatic rings. The number of ether oxygens (including phenoxy) is 5. The molecular weight excluding hydrogens is 1280 g/mol. The first-order valence-corrected chi connectivity index (χ1v) is 34.3. The highest BCUT2D eigenvalue weighted by atomic mass is 16.5. The Hall–Kier alpha value is -11.8. The number of anilines is 1. The number of nitrogens with zero attached hydrogens (tertiary/aromatic N) is 12. The lowest BCUT2D eigenvalue weighted by atomic mass is 10.1. The molecule has 3 N–H and O–H groups in total. The number of fused-ring (bicyclic) bond motifs is 3. The van der Waals surface area contributed by atoms with Crippen LogP contribution in [0, 0.1) is 0 Å². The molecule has 0 unspecified atom stereocenters. The number of likely N-dealkylation sites (N-methyl/N-ethyl adjacent to an activating group) is 1. The summed E-state index contributed by atoms with van der Waals surface area (Å²) in [5.41, 5.74) is 15.6. The molecule has 518 valence electrons. The Bertz CT molecular complexity index is 4840. The highest BCUT2D eigenvalue weighted by Crippen LogP contribution is 2.28. The van der Waals surface area contributed by atoms with Crippen molar-refractivity contribution in [3.63, 3.8) is 0 Å². The molecule has 0 bridgehead atoms. The number of rotatable bonds is 30. The van der Waals surface area contributed by atoms with Gasteiger partial charge in [0.1, 0.15) is 42.0 Å². The maximum atomic E-state index is 5.84. The molecule has 0 spiro atoms. The van der Waals surface area contributed by atoms with Crippen molar-refractivity contribution in [3.05, 3.63) is 295 Å². The number of nitrogens with one attached hydrogen (secondary N) is 3. The zero-order valence-corrected chi connectivity index (χ0v) is 58.3. The second-order valence-corrected chi connectivity index (χ2v) is 24.5. The van der Waals surface area contributed by atoms with Crippen LogP contribution in [-0.4, -0.2) is 140 Å². The summed E-state index contributed by atoms with van der Waals surface area (Å²) < 4.78 is 33.2. The molecule has 20 heteroatoms. The van der Waals surface area contributed by atoms with Crippen LogP contribution >= 0.6 is 0 Å². The van der Waals surface area contributed by atoms with Gasteiger partial charge in [-0.2, -0.15) is 15.3 Å². The van der Waals surface area contributed by atoms with Gasteiger partial charge in [-0.3, -0.25) is 9.97 Å². The molecule has 0 aliphatic heterocycles. The van der Waals surface area contributed by atoms with Gasteiger partial charge in [-0.15, -0.1) is 0 Å². The third kappa shape index (κ3) is 19.7. The predicted molar refractivity (Wildman–Crippen MR) is 402 cm³/mol. The summed E-state index contributed by atoms with van der Waals surface area (Å²) in [6, 6.07) is 77.0. The summed E-state index contributed by atoms with van der Waals surface area (Å²) in [5.74, 6) is 6.58. The van der Waals surface area contributed by atoms with Crippen molar-refractivity contribution in [2.45, 2.75) is 38.6 Å². The van der Waals surface area contributed by atoms with Crippen LogP contribution < -0.4 is 39.6 Å². The normalized spacial score (nSPS) is 11.1. The van der Waals surface area contributed by atoms with Crippen LogP contribution in [0.15, 0.2) is 249 Å². The Morgan fingerprint density at radius 2 is 0.804 bits per heavy atom. The molecule has 0 amide bonds. The molecule has 8 aromatic heterocycles. The van der Waals surface area contributed by atoms with Gasteiger partial charge in [-0.05, 0) is 213 Å². The Labute approximate surface area is 595 Å². The highest BCUT2D eigenvalue weighted by Gasteiger charge is 2.15. The average molecular weight is 1360 g/mol. The first-order valence-electron chi connectivity index (χ1n) is 34.3. The van der Waals surface area contributed by atoms with Crippen LogP contribution in [0.2, 0.25) is 0 Å². The smallest absolute Gasteiger partial charge is 0.156 e. The van der Waals surface area contributed by atoms with Crippen LogP contribution in [-0.2, 0) is 32.2 Å². The van der Waals surface area contributed by atoms with Gasteiger partial charge < -0.3 is 44.5 Å². The van der Waals surface area contributed by atoms with E-state index < -0.39 is 0 Å². The van der Waals surface area contributed by atoms with Gasteiger partial charge in [0, 0.05) is 93.0 Å². The highest BCUT2D eigenvalue weighted by molar-refractivity contribution is 5.66. The van der Waals surface area contributed by atoms with Crippen LogP contribution in [0.3, 0.4) is 0 Å². The topological polar surface area (TPSA) is 202 Å². The summed E-state index contributed by atoms with van der Waals surface area (Å²) in [6.45, 7) is 6.53. The molecule has 8 heterocycles. The number of aryl methyl sites for hydroxylation is 1. The zero-order chi connectivity index (χ0) is 70.1. The molecule has 20 nitrogen and oxygen atoms in total. The monoisotopic (exact) mass is 1360 g/mol. The summed E-state index contributed by atoms with van der Waals surface area (Å²) >= 11 is 0. The van der Waals surface area contributed by atoms with E-state index in [0.29, 0.717) is 39.0 Å². The Morgan fingerprint density at radius 3 is 1.23 bits per heavy atom. The summed E-state index contributed by atoms with van der Waals surface area (Å²) in [4.78, 5) is 24.7. The fraction of sp³-hybridized carbons (Fsp3) is 0.220. The number of methoxy groups -OCH3 is 3. The van der Waals surface area contributed by atoms with Crippen LogP contribution in [0.5, 0.6) is 28.7 Å². The van der Waals surface area contributed by atoms with Crippen molar-refractivity contribution in [2.75, 3.05) is 86.7 Å². The molecule has 0 saturated carbocycles. The van der Waals surface area contributed by atoms with Gasteiger partial charge >= 0.3 is 0 Å². The molecule has 14 rings (SSSR count). The molecular formula is C82H85N15O5. The summed E-state index contributed by atoms with van der Waals surface area (Å²) in [5, 5.41) is 24.5. The SMILES string of the molecule is COc1ccc(-c2cccc3nc(Cc4ccc(CCCNCc5ccccn5)cc4)nn23)cc1.COc1ccc(-c2cccc3nc(Cc4ccc(OCCNCCN(C)C)cc4)nn23)cc1.COc1ccc(-c2cccc3nc(Cc4ccc(OCCNc5ccncc5)cc4)nn23)cc1. The third-order valence-corrected chi connectivity index (χ3v) is 16.8. The number of benzene rings is 6. The van der Waals surface area contributed by atoms with Crippen LogP contribution in [0.25, 0.3) is 50.7 Å². The number of hydrogen-bond donors (Lipinski definition) is 3. The van der Waals surface area contributed by atoms with Crippen molar-refractivity contribution >= 4 is 22.6 Å². The Balaban J connectivity index is 0.000000145. The van der Waals surface area contributed by atoms with E-state index in [2.05, 4.69) is 106 Å². The van der Waals surface area contributed by atoms with E-state index in [9.17, 15) is 0 Å². The van der Waals surface area contributed by atoms with E-state index in [-0.39, 0.29) is 0 Å². The fourth-order valence-corrected chi connectivity index (χ4v) is 11.4. The first kappa shape index (κ1) is 70.0. The molecule has 0 aliphatic carbocycles. The number of hydrogen-bond acceptors (Lipinski definition) is 17. The van der Waals surface area contributed by atoms with Gasteiger partial charge in [0.15, 0.2) is 34.4 Å². The van der Waals surface area contributed by atoms with Gasteiger partial charge in [0.25, 0.3) is 0 Å². The van der Waals surface area contributed by atoms with Gasteiger partial charge in [-0.1, -0.05) is 72.8 Å². The van der Waals surface area contributed by atoms with Gasteiger partial charge in [-0.25, -0.2) is 28.5 Å². The maximum Gasteiger partial charge on any atom is 0.156 e. The predicted octanol–water partition coefficient (Wildman–Crippen LogP) is 13.5. The van der Waals surface area contributed by atoms with E-state index in [1.54, 1.807) is 33.7 Å². The molecule has 0 saturated heterocycles. The largest absolute Gasteiger partial charge is 0.497 e. The van der Waals surface area contributed by atoms with E-state index in [0.717, 1.165) is 165 Å². The minimum atomic E-state index is 0.573. The van der Waals surface area contributed by atoms with Crippen LogP contribution in [0.1, 0.15) is 51.8 Å². The second-order valence-electron chi connectivity index (χ2n) is 24.5. The second kappa shape index (κ2) is 35.8. The average Bonchev–Trinajstić information content (AvgIpc) is 1.55. The van der Waals surface area contributed by atoms with Gasteiger partial charge in [0.05, 0.1) is 44.1 Å². The summed E-state index contributed by atoms with van der Waals surface area (Å²) in [6.07, 6.45) is 9.51. The van der Waals surface area contributed by atoms with E-state index in [1.165, 1.54) is 11.1 Å². The number of aromatic nitrogens is 11. The quantitative estimate of drug-likeness (QED) is 0.0358. The van der Waals surface area contributed by atoms with Crippen molar-refractivity contribution in [2.24, 2.45) is 0 Å². The van der Waals surface area contributed by atoms with Crippen molar-refractivity contribution in [3.8, 4) is 62.5 Å². The zero-order valence-electron chi connectivity index (χ0n) is 58.3. The van der Waals surface area contributed by atoms with Crippen molar-refractivity contribution in [1.82, 2.24) is 69.3 Å². The number of pyridine rings is 5. The third-order valence-electron chi connectivity index (χ3n) is 16.8. The van der Waals surface area contributed by atoms with Crippen LogP contribution in [0.4, 0.5) is 5.69 Å². The molecule has 0 radical (unpaired) electrons. The minimum Gasteiger partial charge on any atom is -0.497 e. The van der Waals surface area contributed by atoms with Crippen molar-refractivity contribution in [1.29, 1.82) is 0 Å². The molecule has 0 atom stereocenters. The lowest BCUT2D eigenvalue weighted by molar-refractivity contribution is 0.308.